The molecule has 0 unspecified atom stereocenters. The topological polar surface area (TPSA) is 0 Å². The van der Waals surface area contributed by atoms with Crippen LogP contribution in [0, 0.1) is 0 Å². The van der Waals surface area contributed by atoms with Crippen molar-refractivity contribution in [2.45, 2.75) is 13.3 Å². The van der Waals surface area contributed by atoms with Gasteiger partial charge in [-0.2, -0.15) is 0 Å². The molecule has 0 bridgehead atoms. The first-order valence-corrected chi connectivity index (χ1v) is 3.20. The molecular weight excluding hydrogens is 143 g/mol. The number of rotatable bonds is 2. The maximum absolute atomic E-state index is 5.29. The van der Waals surface area contributed by atoms with Crippen LogP contribution in [0.2, 0.25) is 0 Å². The second-order valence-electron chi connectivity index (χ2n) is 1.29. The lowest BCUT2D eigenvalue weighted by Crippen LogP contribution is -1.52. The van der Waals surface area contributed by atoms with Crippen molar-refractivity contribution in [1.82, 2.24) is 0 Å². The van der Waals surface area contributed by atoms with Crippen molar-refractivity contribution in [3.05, 3.63) is 22.7 Å². The molecule has 0 nitrogen and oxygen atoms in total. The van der Waals surface area contributed by atoms with Gasteiger partial charge in [0.2, 0.25) is 0 Å². The van der Waals surface area contributed by atoms with Crippen LogP contribution < -0.4 is 0 Å². The molecule has 0 N–H and O–H groups in total. The Labute approximate surface area is 59.8 Å². The monoisotopic (exact) mass is 150 g/mol. The molecule has 0 aliphatic heterocycles. The van der Waals surface area contributed by atoms with Crippen molar-refractivity contribution in [3.8, 4) is 0 Å². The Bertz CT molecular complexity index is 99.1. The van der Waals surface area contributed by atoms with Gasteiger partial charge in [-0.05, 0) is 12.5 Å². The fourth-order valence-electron chi connectivity index (χ4n) is 0.277. The molecule has 2 heteroatoms. The summed E-state index contributed by atoms with van der Waals surface area (Å²) in [6.07, 6.45) is 6.46. The van der Waals surface area contributed by atoms with E-state index in [1.54, 1.807) is 6.08 Å². The van der Waals surface area contributed by atoms with Crippen LogP contribution in [-0.4, -0.2) is 0 Å². The van der Waals surface area contributed by atoms with Gasteiger partial charge in [-0.1, -0.05) is 42.3 Å². The molecule has 0 amide bonds. The summed E-state index contributed by atoms with van der Waals surface area (Å²) in [5.74, 6) is 0. The number of hydrogen-bond acceptors (Lipinski definition) is 0. The highest BCUT2D eigenvalue weighted by Crippen LogP contribution is 2.05. The lowest BCUT2D eigenvalue weighted by molar-refractivity contribution is 1.22. The van der Waals surface area contributed by atoms with Crippen LogP contribution in [0.15, 0.2) is 22.7 Å². The third-order valence-corrected chi connectivity index (χ3v) is 0.846. The third kappa shape index (κ3) is 6.06. The molecule has 0 fully saturated rings. The minimum atomic E-state index is 0.301. The van der Waals surface area contributed by atoms with E-state index in [1.807, 2.05) is 19.1 Å². The van der Waals surface area contributed by atoms with Crippen LogP contribution in [-0.2, 0) is 0 Å². The fourth-order valence-corrected chi connectivity index (χ4v) is 0.422. The summed E-state index contributed by atoms with van der Waals surface area (Å²) >= 11 is 10.6. The van der Waals surface area contributed by atoms with Crippen LogP contribution >= 0.6 is 23.2 Å². The highest BCUT2D eigenvalue weighted by molar-refractivity contribution is 6.55. The molecule has 0 atom stereocenters. The van der Waals surface area contributed by atoms with Gasteiger partial charge in [0.05, 0.1) is 0 Å². The summed E-state index contributed by atoms with van der Waals surface area (Å²) in [5.41, 5.74) is 0. The lowest BCUT2D eigenvalue weighted by Gasteiger charge is -1.75. The molecule has 0 aromatic rings. The van der Waals surface area contributed by atoms with Crippen LogP contribution in [0.4, 0.5) is 0 Å². The minimum absolute atomic E-state index is 0.301. The van der Waals surface area contributed by atoms with E-state index >= 15 is 0 Å². The highest BCUT2D eigenvalue weighted by Gasteiger charge is 1.73. The predicted octanol–water partition coefficient (Wildman–Crippen LogP) is 3.27. The van der Waals surface area contributed by atoms with E-state index in [0.29, 0.717) is 4.49 Å². The summed E-state index contributed by atoms with van der Waals surface area (Å²) in [4.78, 5) is 0. The summed E-state index contributed by atoms with van der Waals surface area (Å²) in [6, 6.07) is 0. The predicted molar refractivity (Wildman–Crippen MR) is 39.2 cm³/mol. The van der Waals surface area contributed by atoms with Crippen molar-refractivity contribution in [2.75, 3.05) is 0 Å². The van der Waals surface area contributed by atoms with Crippen LogP contribution in [0.1, 0.15) is 13.3 Å². The quantitative estimate of drug-likeness (QED) is 0.531. The van der Waals surface area contributed by atoms with Crippen molar-refractivity contribution in [3.63, 3.8) is 0 Å². The van der Waals surface area contributed by atoms with Gasteiger partial charge in [0, 0.05) is 0 Å². The molecule has 0 saturated carbocycles. The second-order valence-corrected chi connectivity index (χ2v) is 2.30. The molecule has 0 aliphatic carbocycles. The summed E-state index contributed by atoms with van der Waals surface area (Å²) in [6.45, 7) is 2.05. The molecular formula is C6H8Cl2. The molecule has 0 rings (SSSR count). The van der Waals surface area contributed by atoms with Gasteiger partial charge >= 0.3 is 0 Å². The van der Waals surface area contributed by atoms with E-state index in [9.17, 15) is 0 Å². The van der Waals surface area contributed by atoms with E-state index in [0.717, 1.165) is 6.42 Å². The molecule has 0 aliphatic rings. The maximum atomic E-state index is 5.29. The first-order chi connectivity index (χ1) is 3.77. The van der Waals surface area contributed by atoms with Gasteiger partial charge in [-0.25, -0.2) is 0 Å². The maximum Gasteiger partial charge on any atom is 0.106 e. The van der Waals surface area contributed by atoms with Gasteiger partial charge in [-0.3, -0.25) is 0 Å². The van der Waals surface area contributed by atoms with E-state index < -0.39 is 0 Å². The number of hydrogen-bond donors (Lipinski definition) is 0. The van der Waals surface area contributed by atoms with Crippen molar-refractivity contribution >= 4 is 23.2 Å². The Kier molecular flexibility index (Phi) is 5.24. The van der Waals surface area contributed by atoms with Gasteiger partial charge in [0.25, 0.3) is 0 Å². The van der Waals surface area contributed by atoms with Gasteiger partial charge in [0.1, 0.15) is 4.49 Å². The van der Waals surface area contributed by atoms with Crippen LogP contribution in [0.3, 0.4) is 0 Å². The lowest BCUT2D eigenvalue weighted by atomic mass is 10.4. The Morgan fingerprint density at radius 3 is 2.50 bits per heavy atom. The zero-order valence-corrected chi connectivity index (χ0v) is 6.21. The van der Waals surface area contributed by atoms with Gasteiger partial charge < -0.3 is 0 Å². The Morgan fingerprint density at radius 1 is 1.50 bits per heavy atom. The SMILES string of the molecule is CCC=CC=C(Cl)Cl. The van der Waals surface area contributed by atoms with E-state index in [4.69, 9.17) is 23.2 Å². The molecule has 46 valence electrons. The standard InChI is InChI=1S/C6H8Cl2/c1-2-3-4-5-6(7)8/h3-5H,2H2,1H3. The van der Waals surface area contributed by atoms with Crippen molar-refractivity contribution in [1.29, 1.82) is 0 Å². The Hall–Kier alpha value is 0.0600. The Morgan fingerprint density at radius 2 is 2.12 bits per heavy atom. The highest BCUT2D eigenvalue weighted by atomic mass is 35.5. The van der Waals surface area contributed by atoms with Crippen molar-refractivity contribution in [2.24, 2.45) is 0 Å². The van der Waals surface area contributed by atoms with Crippen LogP contribution in [0.25, 0.3) is 0 Å². The summed E-state index contributed by atoms with van der Waals surface area (Å²) in [7, 11) is 0. The average molecular weight is 151 g/mol. The van der Waals surface area contributed by atoms with Crippen molar-refractivity contribution < 1.29 is 0 Å². The molecule has 0 saturated heterocycles. The minimum Gasteiger partial charge on any atom is -0.0847 e. The van der Waals surface area contributed by atoms with Gasteiger partial charge in [-0.15, -0.1) is 0 Å². The number of allylic oxidation sites excluding steroid dienone is 3. The average Bonchev–Trinajstić information content (AvgIpc) is 1.66. The molecule has 0 aromatic heterocycles. The summed E-state index contributed by atoms with van der Waals surface area (Å²) in [5, 5.41) is 0. The van der Waals surface area contributed by atoms with E-state index in [-0.39, 0.29) is 0 Å². The first kappa shape index (κ1) is 8.06. The fraction of sp³-hybridized carbons (Fsp3) is 0.333. The van der Waals surface area contributed by atoms with Gasteiger partial charge in [0.15, 0.2) is 0 Å². The molecule has 0 aromatic carbocycles. The molecule has 0 spiro atoms. The largest absolute Gasteiger partial charge is 0.106 e. The zero-order valence-electron chi connectivity index (χ0n) is 4.70. The third-order valence-electron chi connectivity index (χ3n) is 0.594. The van der Waals surface area contributed by atoms with E-state index in [1.165, 1.54) is 0 Å². The second kappa shape index (κ2) is 5.20. The number of halogens is 2. The first-order valence-electron chi connectivity index (χ1n) is 2.45. The molecule has 0 radical (unpaired) electrons. The zero-order chi connectivity index (χ0) is 6.41. The van der Waals surface area contributed by atoms with Crippen LogP contribution in [0.5, 0.6) is 0 Å². The summed E-state index contributed by atoms with van der Waals surface area (Å²) < 4.78 is 0.301. The smallest absolute Gasteiger partial charge is 0.0847 e. The normalized spacial score (nSPS) is 9.88. The molecule has 0 heterocycles. The Balaban J connectivity index is 3.42. The van der Waals surface area contributed by atoms with E-state index in [2.05, 4.69) is 0 Å². The molecule has 8 heavy (non-hydrogen) atoms.